The third-order valence-corrected chi connectivity index (χ3v) is 6.41. The Hall–Kier alpha value is -2.89. The van der Waals surface area contributed by atoms with Crippen molar-refractivity contribution in [2.75, 3.05) is 31.1 Å². The van der Waals surface area contributed by atoms with Gasteiger partial charge in [0.1, 0.15) is 10.7 Å². The molecule has 0 amide bonds. The molecule has 1 fully saturated rings. The van der Waals surface area contributed by atoms with E-state index in [0.29, 0.717) is 18.8 Å². The zero-order valence-electron chi connectivity index (χ0n) is 15.3. The van der Waals surface area contributed by atoms with Crippen LogP contribution in [0.3, 0.4) is 0 Å². The highest BCUT2D eigenvalue weighted by Gasteiger charge is 2.26. The molecule has 0 saturated carbocycles. The van der Waals surface area contributed by atoms with Crippen molar-refractivity contribution < 1.29 is 9.85 Å². The molecule has 2 aromatic heterocycles. The van der Waals surface area contributed by atoms with Crippen molar-refractivity contribution in [3.05, 3.63) is 66.3 Å². The molecule has 0 unspecified atom stereocenters. The standard InChI is InChI=1S/C18H17N5O4S2/c24-22(25)15-1-2-16(17(9-15)23(26)27)21-6-4-20(5-7-21)10-14-12-29-18(19-14)13-3-8-28-11-13/h1-3,8-9,11-12H,4-7,10H2. The van der Waals surface area contributed by atoms with E-state index in [1.165, 1.54) is 12.1 Å². The lowest BCUT2D eigenvalue weighted by Crippen LogP contribution is -2.46. The number of anilines is 1. The molecule has 0 atom stereocenters. The molecular formula is C18H17N5O4S2. The normalized spacial score (nSPS) is 14.8. The smallest absolute Gasteiger partial charge is 0.299 e. The number of nitro groups is 2. The van der Waals surface area contributed by atoms with Crippen LogP contribution in [-0.4, -0.2) is 45.9 Å². The van der Waals surface area contributed by atoms with E-state index in [9.17, 15) is 20.2 Å². The van der Waals surface area contributed by atoms with E-state index in [1.54, 1.807) is 22.7 Å². The van der Waals surface area contributed by atoms with Gasteiger partial charge in [0.15, 0.2) is 0 Å². The van der Waals surface area contributed by atoms with Crippen LogP contribution in [0, 0.1) is 20.2 Å². The molecule has 4 rings (SSSR count). The van der Waals surface area contributed by atoms with E-state index in [4.69, 9.17) is 4.98 Å². The lowest BCUT2D eigenvalue weighted by Gasteiger charge is -2.35. The lowest BCUT2D eigenvalue weighted by atomic mass is 10.2. The molecule has 0 N–H and O–H groups in total. The van der Waals surface area contributed by atoms with Gasteiger partial charge in [-0.1, -0.05) is 0 Å². The number of nitro benzene ring substituents is 2. The number of nitrogens with zero attached hydrogens (tertiary/aromatic N) is 5. The van der Waals surface area contributed by atoms with Crippen LogP contribution in [0.15, 0.2) is 40.4 Å². The zero-order chi connectivity index (χ0) is 20.4. The van der Waals surface area contributed by atoms with Crippen LogP contribution in [0.4, 0.5) is 17.1 Å². The summed E-state index contributed by atoms with van der Waals surface area (Å²) in [6.45, 7) is 3.43. The van der Waals surface area contributed by atoms with E-state index in [0.717, 1.165) is 42.0 Å². The molecule has 1 aliphatic rings. The van der Waals surface area contributed by atoms with Gasteiger partial charge < -0.3 is 4.90 Å². The van der Waals surface area contributed by atoms with Gasteiger partial charge in [-0.05, 0) is 17.5 Å². The summed E-state index contributed by atoms with van der Waals surface area (Å²) >= 11 is 3.28. The molecular weight excluding hydrogens is 414 g/mol. The van der Waals surface area contributed by atoms with Crippen molar-refractivity contribution in [2.45, 2.75) is 6.54 Å². The Kier molecular flexibility index (Phi) is 5.51. The van der Waals surface area contributed by atoms with Crippen molar-refractivity contribution in [3.63, 3.8) is 0 Å². The summed E-state index contributed by atoms with van der Waals surface area (Å²) in [5, 5.41) is 29.5. The van der Waals surface area contributed by atoms with Gasteiger partial charge in [0.2, 0.25) is 0 Å². The first kappa shape index (κ1) is 19.4. The molecule has 3 aromatic rings. The predicted octanol–water partition coefficient (Wildman–Crippen LogP) is 4.01. The van der Waals surface area contributed by atoms with Crippen molar-refractivity contribution in [2.24, 2.45) is 0 Å². The maximum atomic E-state index is 11.4. The number of rotatable bonds is 6. The number of thiazole rings is 1. The average molecular weight is 431 g/mol. The third-order valence-electron chi connectivity index (χ3n) is 4.78. The van der Waals surface area contributed by atoms with Gasteiger partial charge in [0.05, 0.1) is 21.6 Å². The summed E-state index contributed by atoms with van der Waals surface area (Å²) in [6, 6.07) is 5.88. The van der Waals surface area contributed by atoms with Gasteiger partial charge in [-0.2, -0.15) is 11.3 Å². The maximum absolute atomic E-state index is 11.4. The molecule has 1 aliphatic heterocycles. The van der Waals surface area contributed by atoms with Gasteiger partial charge in [0, 0.05) is 55.1 Å². The second kappa shape index (κ2) is 8.23. The van der Waals surface area contributed by atoms with Crippen molar-refractivity contribution >= 4 is 39.7 Å². The monoisotopic (exact) mass is 431 g/mol. The van der Waals surface area contributed by atoms with Crippen molar-refractivity contribution in [1.29, 1.82) is 0 Å². The van der Waals surface area contributed by atoms with E-state index in [2.05, 4.69) is 21.7 Å². The minimum Gasteiger partial charge on any atom is -0.363 e. The highest BCUT2D eigenvalue weighted by molar-refractivity contribution is 7.14. The summed E-state index contributed by atoms with van der Waals surface area (Å²) in [4.78, 5) is 30.0. The molecule has 1 aromatic carbocycles. The van der Waals surface area contributed by atoms with Crippen LogP contribution in [0.5, 0.6) is 0 Å². The quantitative estimate of drug-likeness (QED) is 0.429. The Morgan fingerprint density at radius 2 is 1.83 bits per heavy atom. The number of thiophene rings is 1. The van der Waals surface area contributed by atoms with E-state index in [1.807, 2.05) is 10.3 Å². The first-order valence-corrected chi connectivity index (χ1v) is 10.7. The van der Waals surface area contributed by atoms with Gasteiger partial charge in [-0.25, -0.2) is 4.98 Å². The second-order valence-corrected chi connectivity index (χ2v) is 8.24. The first-order chi connectivity index (χ1) is 14.0. The van der Waals surface area contributed by atoms with Crippen LogP contribution in [0.1, 0.15) is 5.69 Å². The van der Waals surface area contributed by atoms with Gasteiger partial charge >= 0.3 is 0 Å². The summed E-state index contributed by atoms with van der Waals surface area (Å²) < 4.78 is 0. The number of hydrogen-bond donors (Lipinski definition) is 0. The highest BCUT2D eigenvalue weighted by atomic mass is 32.1. The fourth-order valence-corrected chi connectivity index (χ4v) is 4.84. The SMILES string of the molecule is O=[N+]([O-])c1ccc(N2CCN(Cc3csc(-c4ccsc4)n3)CC2)c([N+](=O)[O-])c1. The first-order valence-electron chi connectivity index (χ1n) is 8.88. The summed E-state index contributed by atoms with van der Waals surface area (Å²) in [5.74, 6) is 0. The Morgan fingerprint density at radius 1 is 1.03 bits per heavy atom. The Balaban J connectivity index is 1.41. The largest absolute Gasteiger partial charge is 0.363 e. The van der Waals surface area contributed by atoms with Crippen molar-refractivity contribution in [1.82, 2.24) is 9.88 Å². The highest BCUT2D eigenvalue weighted by Crippen LogP contribution is 2.33. The molecule has 11 heteroatoms. The zero-order valence-corrected chi connectivity index (χ0v) is 16.9. The Labute approximate surface area is 174 Å². The number of piperazine rings is 1. The van der Waals surface area contributed by atoms with E-state index >= 15 is 0 Å². The van der Waals surface area contributed by atoms with E-state index < -0.39 is 9.85 Å². The molecule has 3 heterocycles. The minimum absolute atomic E-state index is 0.229. The molecule has 29 heavy (non-hydrogen) atoms. The summed E-state index contributed by atoms with van der Waals surface area (Å²) in [7, 11) is 0. The van der Waals surface area contributed by atoms with Gasteiger partial charge in [0.25, 0.3) is 11.4 Å². The molecule has 9 nitrogen and oxygen atoms in total. The van der Waals surface area contributed by atoms with Crippen LogP contribution < -0.4 is 4.90 Å². The number of non-ortho nitro benzene ring substituents is 1. The predicted molar refractivity (Wildman–Crippen MR) is 113 cm³/mol. The Morgan fingerprint density at radius 3 is 2.48 bits per heavy atom. The minimum atomic E-state index is -0.618. The fraction of sp³-hybridized carbons (Fsp3) is 0.278. The van der Waals surface area contributed by atoms with Crippen molar-refractivity contribution in [3.8, 4) is 10.6 Å². The number of hydrogen-bond acceptors (Lipinski definition) is 9. The molecule has 0 bridgehead atoms. The molecule has 0 spiro atoms. The van der Waals surface area contributed by atoms with Crippen LogP contribution in [0.2, 0.25) is 0 Å². The van der Waals surface area contributed by atoms with Crippen LogP contribution in [0.25, 0.3) is 10.6 Å². The van der Waals surface area contributed by atoms with Gasteiger partial charge in [-0.15, -0.1) is 11.3 Å². The number of aromatic nitrogens is 1. The summed E-state index contributed by atoms with van der Waals surface area (Å²) in [5.41, 5.74) is 2.08. The number of benzene rings is 1. The molecule has 150 valence electrons. The molecule has 0 aliphatic carbocycles. The third kappa shape index (κ3) is 4.26. The topological polar surface area (TPSA) is 106 Å². The fourth-order valence-electron chi connectivity index (χ4n) is 3.31. The second-order valence-electron chi connectivity index (χ2n) is 6.61. The molecule has 1 saturated heterocycles. The maximum Gasteiger partial charge on any atom is 0.299 e. The lowest BCUT2D eigenvalue weighted by molar-refractivity contribution is -0.393. The average Bonchev–Trinajstić information content (AvgIpc) is 3.40. The summed E-state index contributed by atoms with van der Waals surface area (Å²) in [6.07, 6.45) is 0. The van der Waals surface area contributed by atoms with E-state index in [-0.39, 0.29) is 11.4 Å². The molecule has 0 radical (unpaired) electrons. The van der Waals surface area contributed by atoms with Gasteiger partial charge in [-0.3, -0.25) is 25.1 Å². The Bertz CT molecular complexity index is 1030. The van der Waals surface area contributed by atoms with Crippen LogP contribution >= 0.6 is 22.7 Å². The van der Waals surface area contributed by atoms with Crippen LogP contribution in [-0.2, 0) is 6.54 Å².